The Morgan fingerprint density at radius 3 is 2.69 bits per heavy atom. The van der Waals surface area contributed by atoms with E-state index in [2.05, 4.69) is 4.85 Å². The summed E-state index contributed by atoms with van der Waals surface area (Å²) in [4.78, 5) is 16.3. The number of likely N-dealkylation sites (tertiary alicyclic amines) is 1. The topological polar surface area (TPSA) is 33.9 Å². The molecule has 0 atom stereocenters. The van der Waals surface area contributed by atoms with Gasteiger partial charge in [-0.3, -0.25) is 0 Å². The normalized spacial score (nSPS) is 18.0. The van der Waals surface area contributed by atoms with Crippen LogP contribution in [0.1, 0.15) is 19.8 Å². The minimum absolute atomic E-state index is 0.102. The molecule has 0 aromatic carbocycles. The van der Waals surface area contributed by atoms with Crippen molar-refractivity contribution in [3.63, 3.8) is 0 Å². The van der Waals surface area contributed by atoms with Gasteiger partial charge >= 0.3 is 6.09 Å². The summed E-state index contributed by atoms with van der Waals surface area (Å²) in [6.45, 7) is 10.4. The van der Waals surface area contributed by atoms with Crippen LogP contribution in [-0.2, 0) is 4.74 Å². The fourth-order valence-corrected chi connectivity index (χ4v) is 1.39. The van der Waals surface area contributed by atoms with E-state index < -0.39 is 0 Å². The van der Waals surface area contributed by atoms with Crippen LogP contribution in [0.5, 0.6) is 0 Å². The standard InChI is InChI=1S/C9H14N2O2/c1-3-13-9(12)11-6-4-8(10-2)5-7-11/h8H,3-7H2,1H3. The minimum Gasteiger partial charge on any atom is -0.450 e. The number of nitrogens with zero attached hydrogens (tertiary/aromatic N) is 2. The highest BCUT2D eigenvalue weighted by Crippen LogP contribution is 2.13. The highest BCUT2D eigenvalue weighted by atomic mass is 16.6. The summed E-state index contributed by atoms with van der Waals surface area (Å²) in [6, 6.07) is 0.102. The molecule has 0 unspecified atom stereocenters. The molecule has 0 bridgehead atoms. The smallest absolute Gasteiger partial charge is 0.409 e. The van der Waals surface area contributed by atoms with Crippen molar-refractivity contribution in [2.45, 2.75) is 25.8 Å². The molecular weight excluding hydrogens is 168 g/mol. The molecule has 0 aromatic rings. The maximum atomic E-state index is 11.2. The van der Waals surface area contributed by atoms with E-state index >= 15 is 0 Å². The van der Waals surface area contributed by atoms with Crippen LogP contribution < -0.4 is 0 Å². The number of hydrogen-bond donors (Lipinski definition) is 0. The van der Waals surface area contributed by atoms with Gasteiger partial charge in [-0.2, -0.15) is 0 Å². The molecule has 1 amide bonds. The van der Waals surface area contributed by atoms with E-state index in [1.165, 1.54) is 0 Å². The Labute approximate surface area is 78.3 Å². The van der Waals surface area contributed by atoms with Gasteiger partial charge in [0.1, 0.15) is 0 Å². The molecule has 1 aliphatic rings. The van der Waals surface area contributed by atoms with Gasteiger partial charge in [0.2, 0.25) is 6.04 Å². The van der Waals surface area contributed by atoms with Crippen molar-refractivity contribution in [2.24, 2.45) is 0 Å². The number of ether oxygens (including phenoxy) is 1. The lowest BCUT2D eigenvalue weighted by atomic mass is 10.1. The summed E-state index contributed by atoms with van der Waals surface area (Å²) >= 11 is 0. The van der Waals surface area contributed by atoms with Crippen molar-refractivity contribution in [1.29, 1.82) is 0 Å². The van der Waals surface area contributed by atoms with E-state index in [0.717, 1.165) is 12.8 Å². The molecule has 0 aliphatic carbocycles. The molecule has 13 heavy (non-hydrogen) atoms. The Morgan fingerprint density at radius 2 is 2.23 bits per heavy atom. The molecule has 0 spiro atoms. The van der Waals surface area contributed by atoms with Crippen LogP contribution in [0.15, 0.2) is 0 Å². The predicted octanol–water partition coefficient (Wildman–Crippen LogP) is 1.53. The van der Waals surface area contributed by atoms with Crippen molar-refractivity contribution in [3.8, 4) is 0 Å². The molecule has 4 heteroatoms. The molecule has 1 saturated heterocycles. The zero-order valence-corrected chi connectivity index (χ0v) is 7.82. The number of amides is 1. The van der Waals surface area contributed by atoms with Crippen molar-refractivity contribution >= 4 is 6.09 Å². The average molecular weight is 182 g/mol. The second kappa shape index (κ2) is 4.70. The van der Waals surface area contributed by atoms with Crippen LogP contribution in [0.4, 0.5) is 4.79 Å². The maximum Gasteiger partial charge on any atom is 0.409 e. The molecule has 0 radical (unpaired) electrons. The second-order valence-corrected chi connectivity index (χ2v) is 3.05. The Hall–Kier alpha value is -1.24. The Morgan fingerprint density at radius 1 is 1.62 bits per heavy atom. The first-order valence-electron chi connectivity index (χ1n) is 4.56. The molecule has 0 N–H and O–H groups in total. The lowest BCUT2D eigenvalue weighted by Gasteiger charge is -2.26. The van der Waals surface area contributed by atoms with Crippen LogP contribution in [0.2, 0.25) is 0 Å². The molecule has 0 aromatic heterocycles. The summed E-state index contributed by atoms with van der Waals surface area (Å²) in [5.74, 6) is 0. The lowest BCUT2D eigenvalue weighted by Crippen LogP contribution is -2.39. The van der Waals surface area contributed by atoms with Gasteiger partial charge in [-0.1, -0.05) is 0 Å². The summed E-state index contributed by atoms with van der Waals surface area (Å²) in [5.41, 5.74) is 0. The number of rotatable bonds is 1. The summed E-state index contributed by atoms with van der Waals surface area (Å²) in [5, 5.41) is 0. The van der Waals surface area contributed by atoms with Gasteiger partial charge < -0.3 is 14.5 Å². The van der Waals surface area contributed by atoms with Crippen LogP contribution in [0.3, 0.4) is 0 Å². The molecule has 1 aliphatic heterocycles. The van der Waals surface area contributed by atoms with Gasteiger partial charge in [0, 0.05) is 25.9 Å². The minimum atomic E-state index is -0.245. The average Bonchev–Trinajstić information content (AvgIpc) is 2.18. The SMILES string of the molecule is [C-]#[N+]C1CCN(C(=O)OCC)CC1. The van der Waals surface area contributed by atoms with Crippen LogP contribution >= 0.6 is 0 Å². The van der Waals surface area contributed by atoms with Gasteiger partial charge in [-0.25, -0.2) is 11.4 Å². The maximum absolute atomic E-state index is 11.2. The van der Waals surface area contributed by atoms with E-state index in [0.29, 0.717) is 19.7 Å². The molecular formula is C9H14N2O2. The first kappa shape index (κ1) is 9.85. The first-order chi connectivity index (χ1) is 6.27. The third-order valence-electron chi connectivity index (χ3n) is 2.17. The highest BCUT2D eigenvalue weighted by Gasteiger charge is 2.25. The largest absolute Gasteiger partial charge is 0.450 e. The Balaban J connectivity index is 2.33. The zero-order valence-electron chi connectivity index (χ0n) is 7.82. The summed E-state index contributed by atoms with van der Waals surface area (Å²) < 4.78 is 4.86. The van der Waals surface area contributed by atoms with Crippen molar-refractivity contribution in [1.82, 2.24) is 4.90 Å². The third kappa shape index (κ3) is 2.62. The van der Waals surface area contributed by atoms with Gasteiger partial charge in [-0.05, 0) is 6.92 Å². The third-order valence-corrected chi connectivity index (χ3v) is 2.17. The van der Waals surface area contributed by atoms with Gasteiger partial charge in [0.05, 0.1) is 6.61 Å². The van der Waals surface area contributed by atoms with Gasteiger partial charge in [0.25, 0.3) is 0 Å². The zero-order chi connectivity index (χ0) is 9.68. The summed E-state index contributed by atoms with van der Waals surface area (Å²) in [7, 11) is 0. The molecule has 72 valence electrons. The van der Waals surface area contributed by atoms with E-state index in [1.54, 1.807) is 11.8 Å². The lowest BCUT2D eigenvalue weighted by molar-refractivity contribution is 0.0990. The highest BCUT2D eigenvalue weighted by molar-refractivity contribution is 5.67. The first-order valence-corrected chi connectivity index (χ1v) is 4.56. The molecule has 4 nitrogen and oxygen atoms in total. The molecule has 1 fully saturated rings. The Bertz CT molecular complexity index is 214. The van der Waals surface area contributed by atoms with E-state index in [-0.39, 0.29) is 12.1 Å². The monoisotopic (exact) mass is 182 g/mol. The van der Waals surface area contributed by atoms with E-state index in [4.69, 9.17) is 11.3 Å². The van der Waals surface area contributed by atoms with Gasteiger partial charge in [0.15, 0.2) is 0 Å². The summed E-state index contributed by atoms with van der Waals surface area (Å²) in [6.07, 6.45) is 1.32. The van der Waals surface area contributed by atoms with Crippen molar-refractivity contribution < 1.29 is 9.53 Å². The van der Waals surface area contributed by atoms with Crippen LogP contribution in [0.25, 0.3) is 4.85 Å². The fraction of sp³-hybridized carbons (Fsp3) is 0.778. The number of carbonyl (C=O) groups excluding carboxylic acids is 1. The molecule has 0 saturated carbocycles. The van der Waals surface area contributed by atoms with Crippen LogP contribution in [-0.4, -0.2) is 36.7 Å². The van der Waals surface area contributed by atoms with Crippen molar-refractivity contribution in [3.05, 3.63) is 11.4 Å². The van der Waals surface area contributed by atoms with E-state index in [1.807, 2.05) is 0 Å². The predicted molar refractivity (Wildman–Crippen MR) is 48.2 cm³/mol. The number of hydrogen-bond acceptors (Lipinski definition) is 2. The van der Waals surface area contributed by atoms with Gasteiger partial charge in [-0.15, -0.1) is 0 Å². The number of piperidine rings is 1. The second-order valence-electron chi connectivity index (χ2n) is 3.05. The quantitative estimate of drug-likeness (QED) is 0.576. The van der Waals surface area contributed by atoms with Crippen LogP contribution in [0, 0.1) is 6.57 Å². The van der Waals surface area contributed by atoms with Crippen molar-refractivity contribution in [2.75, 3.05) is 19.7 Å². The molecule has 1 rings (SSSR count). The fourth-order valence-electron chi connectivity index (χ4n) is 1.39. The number of carbonyl (C=O) groups is 1. The molecule has 1 heterocycles. The van der Waals surface area contributed by atoms with E-state index in [9.17, 15) is 4.79 Å². The Kier molecular flexibility index (Phi) is 3.56.